The van der Waals surface area contributed by atoms with E-state index in [0.29, 0.717) is 0 Å². The summed E-state index contributed by atoms with van der Waals surface area (Å²) in [6.45, 7) is 4.79. The largest absolute Gasteiger partial charge is 0.455 e. The Morgan fingerprint density at radius 1 is 0.355 bits per heavy atom. The number of anilines is 3. The highest BCUT2D eigenvalue weighted by atomic mass is 16.5. The lowest BCUT2D eigenvalue weighted by Gasteiger charge is -2.43. The zero-order valence-corrected chi connectivity index (χ0v) is 34.6. The summed E-state index contributed by atoms with van der Waals surface area (Å²) < 4.78 is 7.27. The van der Waals surface area contributed by atoms with E-state index in [-0.39, 0.29) is 5.41 Å². The molecule has 1 aliphatic carbocycles. The number of rotatable bonds is 3. The van der Waals surface area contributed by atoms with Gasteiger partial charge in [0.25, 0.3) is 0 Å². The lowest BCUT2D eigenvalue weighted by molar-refractivity contribution is 0.447. The first kappa shape index (κ1) is 35.1. The van der Waals surface area contributed by atoms with Crippen molar-refractivity contribution in [2.24, 2.45) is 0 Å². The average molecular weight is 792 g/mol. The number of ether oxygens (including phenoxy) is 1. The van der Waals surface area contributed by atoms with E-state index in [1.165, 1.54) is 88.9 Å². The minimum absolute atomic E-state index is 0.286. The molecule has 10 aromatic carbocycles. The fraction of sp³-hybridized carbons (Fsp3) is 0.0667. The van der Waals surface area contributed by atoms with Crippen LogP contribution in [-0.4, -0.2) is 0 Å². The van der Waals surface area contributed by atoms with Gasteiger partial charge in [-0.15, -0.1) is 0 Å². The predicted octanol–water partition coefficient (Wildman–Crippen LogP) is 15.9. The molecule has 0 radical (unpaired) electrons. The Kier molecular flexibility index (Phi) is 7.31. The summed E-state index contributed by atoms with van der Waals surface area (Å²) in [5.41, 5.74) is 17.5. The van der Waals surface area contributed by atoms with Crippen LogP contribution in [0.25, 0.3) is 54.9 Å². The minimum atomic E-state index is -0.645. The molecule has 0 saturated carbocycles. The average Bonchev–Trinajstić information content (AvgIpc) is 3.61. The van der Waals surface area contributed by atoms with Crippen LogP contribution in [0.2, 0.25) is 0 Å². The molecule has 0 aromatic heterocycles. The molecule has 1 spiro atoms. The Hall–Kier alpha value is -7.68. The van der Waals surface area contributed by atoms with E-state index in [2.05, 4.69) is 231 Å². The molecule has 0 atom stereocenters. The fourth-order valence-corrected chi connectivity index (χ4v) is 11.2. The second-order valence-corrected chi connectivity index (χ2v) is 17.6. The van der Waals surface area contributed by atoms with Gasteiger partial charge in [0.2, 0.25) is 0 Å². The van der Waals surface area contributed by atoms with Gasteiger partial charge in [0.1, 0.15) is 11.5 Å². The van der Waals surface area contributed by atoms with Gasteiger partial charge in [0.05, 0.1) is 16.8 Å². The van der Waals surface area contributed by atoms with E-state index in [9.17, 15) is 0 Å². The molecule has 292 valence electrons. The summed E-state index contributed by atoms with van der Waals surface area (Å²) in [4.78, 5) is 2.53. The molecule has 2 aliphatic heterocycles. The van der Waals surface area contributed by atoms with Crippen molar-refractivity contribution in [2.75, 3.05) is 4.90 Å². The van der Waals surface area contributed by atoms with Crippen LogP contribution in [0, 0.1) is 0 Å². The molecule has 0 bridgehead atoms. The molecular weight excluding hydrogens is 751 g/mol. The highest BCUT2D eigenvalue weighted by Gasteiger charge is 2.52. The van der Waals surface area contributed by atoms with Gasteiger partial charge in [-0.05, 0) is 103 Å². The van der Waals surface area contributed by atoms with Gasteiger partial charge < -0.3 is 9.64 Å². The van der Waals surface area contributed by atoms with E-state index >= 15 is 0 Å². The van der Waals surface area contributed by atoms with Crippen LogP contribution in [0.5, 0.6) is 11.5 Å². The van der Waals surface area contributed by atoms with Crippen molar-refractivity contribution in [2.45, 2.75) is 24.7 Å². The molecule has 10 aromatic rings. The number of benzene rings is 10. The highest BCUT2D eigenvalue weighted by Crippen LogP contribution is 2.65. The minimum Gasteiger partial charge on any atom is -0.455 e. The normalized spacial score (nSPS) is 14.6. The molecule has 2 nitrogen and oxygen atoms in total. The third-order valence-electron chi connectivity index (χ3n) is 14.1. The van der Waals surface area contributed by atoms with E-state index in [1.807, 2.05) is 0 Å². The molecule has 0 saturated heterocycles. The first-order valence-electron chi connectivity index (χ1n) is 21.7. The third-order valence-corrected chi connectivity index (χ3v) is 14.1. The standard InChI is InChI=1S/C60H41NO/c1-59(2)53-35-42(38-15-5-3-6-16-38)27-33-55(53)61(56-34-28-43(36-54(56)59)39-17-7-4-8-18-39)44-29-30-48-47-23-13-14-24-49(47)60(52(48)37-44)50-31-25-40-19-9-11-21-45(40)57(50)62-58-46-22-12-10-20-41(46)26-32-51(58)60/h3-37H,1-2H3. The smallest absolute Gasteiger partial charge is 0.140 e. The molecule has 2 heteroatoms. The van der Waals surface area contributed by atoms with Gasteiger partial charge in [-0.3, -0.25) is 0 Å². The molecule has 2 heterocycles. The van der Waals surface area contributed by atoms with Crippen molar-refractivity contribution in [1.82, 2.24) is 0 Å². The molecule has 3 aliphatic rings. The SMILES string of the molecule is CC1(C)c2cc(-c3ccccc3)ccc2N(c2ccc3c(c2)C2(c4ccccc4-3)c3ccc4ccccc4c3Oc3c2ccc2ccccc32)c2ccc(-c3ccccc3)cc21. The number of nitrogens with zero attached hydrogens (tertiary/aromatic N) is 1. The molecule has 0 N–H and O–H groups in total. The Morgan fingerprint density at radius 3 is 1.44 bits per heavy atom. The Bertz CT molecular complexity index is 3290. The van der Waals surface area contributed by atoms with E-state index in [4.69, 9.17) is 4.74 Å². The Balaban J connectivity index is 1.11. The maximum absolute atomic E-state index is 7.27. The quantitative estimate of drug-likeness (QED) is 0.177. The van der Waals surface area contributed by atoms with Crippen molar-refractivity contribution >= 4 is 38.6 Å². The zero-order valence-electron chi connectivity index (χ0n) is 34.6. The van der Waals surface area contributed by atoms with Crippen LogP contribution in [0.4, 0.5) is 17.1 Å². The second kappa shape index (κ2) is 12.9. The van der Waals surface area contributed by atoms with Crippen molar-refractivity contribution in [1.29, 1.82) is 0 Å². The molecule has 62 heavy (non-hydrogen) atoms. The molecular formula is C60H41NO. The Labute approximate surface area is 362 Å². The number of hydrogen-bond donors (Lipinski definition) is 0. The van der Waals surface area contributed by atoms with Crippen LogP contribution >= 0.6 is 0 Å². The summed E-state index contributed by atoms with van der Waals surface area (Å²) in [6, 6.07) is 78.5. The van der Waals surface area contributed by atoms with Crippen LogP contribution in [0.15, 0.2) is 212 Å². The van der Waals surface area contributed by atoms with Crippen LogP contribution in [0.1, 0.15) is 47.2 Å². The topological polar surface area (TPSA) is 12.5 Å². The number of fused-ring (bicyclic) bond motifs is 15. The first-order valence-corrected chi connectivity index (χ1v) is 21.7. The Morgan fingerprint density at radius 2 is 0.855 bits per heavy atom. The molecule has 0 fully saturated rings. The van der Waals surface area contributed by atoms with Crippen LogP contribution in [-0.2, 0) is 10.8 Å². The summed E-state index contributed by atoms with van der Waals surface area (Å²) in [7, 11) is 0. The van der Waals surface area contributed by atoms with Crippen molar-refractivity contribution < 1.29 is 4.74 Å². The zero-order chi connectivity index (χ0) is 41.2. The van der Waals surface area contributed by atoms with Crippen molar-refractivity contribution in [3.63, 3.8) is 0 Å². The van der Waals surface area contributed by atoms with Gasteiger partial charge >= 0.3 is 0 Å². The van der Waals surface area contributed by atoms with Gasteiger partial charge in [-0.1, -0.05) is 190 Å². The van der Waals surface area contributed by atoms with E-state index < -0.39 is 5.41 Å². The highest BCUT2D eigenvalue weighted by molar-refractivity contribution is 6.01. The fourth-order valence-electron chi connectivity index (χ4n) is 11.2. The lowest BCUT2D eigenvalue weighted by Crippen LogP contribution is -2.33. The van der Waals surface area contributed by atoms with Crippen molar-refractivity contribution in [3.8, 4) is 44.9 Å². The van der Waals surface area contributed by atoms with Gasteiger partial charge in [-0.2, -0.15) is 0 Å². The van der Waals surface area contributed by atoms with E-state index in [0.717, 1.165) is 28.0 Å². The number of hydrogen-bond acceptors (Lipinski definition) is 2. The maximum Gasteiger partial charge on any atom is 0.140 e. The maximum atomic E-state index is 7.27. The molecule has 0 amide bonds. The summed E-state index contributed by atoms with van der Waals surface area (Å²) >= 11 is 0. The summed E-state index contributed by atoms with van der Waals surface area (Å²) in [5, 5.41) is 4.57. The van der Waals surface area contributed by atoms with Crippen LogP contribution in [0.3, 0.4) is 0 Å². The predicted molar refractivity (Wildman–Crippen MR) is 257 cm³/mol. The van der Waals surface area contributed by atoms with Gasteiger partial charge in [0, 0.05) is 33.0 Å². The molecule has 13 rings (SSSR count). The van der Waals surface area contributed by atoms with E-state index in [1.54, 1.807) is 0 Å². The lowest BCUT2D eigenvalue weighted by atomic mass is 9.65. The summed E-state index contributed by atoms with van der Waals surface area (Å²) in [5.74, 6) is 1.86. The first-order chi connectivity index (χ1) is 30.5. The molecule has 0 unspecified atom stereocenters. The second-order valence-electron chi connectivity index (χ2n) is 17.6. The third kappa shape index (κ3) is 4.75. The van der Waals surface area contributed by atoms with Crippen molar-refractivity contribution in [3.05, 3.63) is 246 Å². The van der Waals surface area contributed by atoms with Gasteiger partial charge in [0.15, 0.2) is 0 Å². The monoisotopic (exact) mass is 791 g/mol. The van der Waals surface area contributed by atoms with Crippen LogP contribution < -0.4 is 9.64 Å². The van der Waals surface area contributed by atoms with Gasteiger partial charge in [-0.25, -0.2) is 0 Å². The summed E-state index contributed by atoms with van der Waals surface area (Å²) in [6.07, 6.45) is 0.